The second kappa shape index (κ2) is 12.5. The molecule has 0 atom stereocenters. The van der Waals surface area contributed by atoms with E-state index >= 15 is 0 Å². The van der Waals surface area contributed by atoms with Gasteiger partial charge in [-0.1, -0.05) is 45.6 Å². The van der Waals surface area contributed by atoms with Gasteiger partial charge in [-0.15, -0.1) is 0 Å². The topological polar surface area (TPSA) is 15.3 Å². The summed E-state index contributed by atoms with van der Waals surface area (Å²) in [5.41, 5.74) is 7.79. The molecule has 0 aliphatic heterocycles. The molecule has 0 bridgehead atoms. The summed E-state index contributed by atoms with van der Waals surface area (Å²) in [7, 11) is 4.48. The van der Waals surface area contributed by atoms with E-state index in [0.717, 1.165) is 11.1 Å². The number of nitrogens with zero attached hydrogens (tertiary/aromatic N) is 2. The maximum Gasteiger partial charge on any atom is 0.151 e. The summed E-state index contributed by atoms with van der Waals surface area (Å²) in [6.45, 7) is 13.8. The zero-order valence-corrected chi connectivity index (χ0v) is 18.4. The molecule has 0 fully saturated rings. The first-order valence-corrected chi connectivity index (χ1v) is 10.8. The van der Waals surface area contributed by atoms with Crippen molar-refractivity contribution >= 4 is 5.69 Å². The minimum Gasteiger partial charge on any atom is -0.303 e. The van der Waals surface area contributed by atoms with E-state index in [1.165, 1.54) is 81.4 Å². The molecular weight excluding hydrogens is 318 g/mol. The van der Waals surface area contributed by atoms with Crippen LogP contribution < -0.4 is 10.0 Å². The molecule has 1 aromatic carbocycles. The first kappa shape index (κ1) is 23.1. The van der Waals surface area contributed by atoms with Gasteiger partial charge in [-0.25, -0.2) is 4.59 Å². The lowest BCUT2D eigenvalue weighted by Gasteiger charge is -2.30. The first-order valence-electron chi connectivity index (χ1n) is 10.8. The molecule has 3 heteroatoms. The summed E-state index contributed by atoms with van der Waals surface area (Å²) in [6, 6.07) is 6.79. The van der Waals surface area contributed by atoms with Crippen LogP contribution in [0.1, 0.15) is 69.9 Å². The molecule has 0 aliphatic carbocycles. The highest BCUT2D eigenvalue weighted by Gasteiger charge is 2.19. The predicted molar refractivity (Wildman–Crippen MR) is 118 cm³/mol. The molecule has 26 heavy (non-hydrogen) atoms. The Bertz CT molecular complexity index is 486. The molecule has 1 N–H and O–H groups in total. The van der Waals surface area contributed by atoms with E-state index in [-0.39, 0.29) is 0 Å². The highest BCUT2D eigenvalue weighted by molar-refractivity contribution is 5.46. The van der Waals surface area contributed by atoms with Gasteiger partial charge in [-0.3, -0.25) is 0 Å². The molecule has 0 unspecified atom stereocenters. The van der Waals surface area contributed by atoms with Crippen molar-refractivity contribution in [3.05, 3.63) is 29.3 Å². The fourth-order valence-electron chi connectivity index (χ4n) is 3.33. The van der Waals surface area contributed by atoms with Crippen molar-refractivity contribution in [2.24, 2.45) is 0 Å². The number of hydrogen-bond acceptors (Lipinski definition) is 2. The average Bonchev–Trinajstić information content (AvgIpc) is 2.60. The van der Waals surface area contributed by atoms with Crippen LogP contribution in [-0.2, 0) is 0 Å². The maximum absolute atomic E-state index is 3.72. The molecule has 3 nitrogen and oxygen atoms in total. The van der Waals surface area contributed by atoms with Crippen LogP contribution in [0.3, 0.4) is 0 Å². The predicted octanol–water partition coefficient (Wildman–Crippen LogP) is 5.45. The van der Waals surface area contributed by atoms with Crippen molar-refractivity contribution in [1.29, 1.82) is 0 Å². The minimum atomic E-state index is 0.743. The molecule has 0 saturated heterocycles. The van der Waals surface area contributed by atoms with Crippen LogP contribution in [0.25, 0.3) is 0 Å². The molecule has 150 valence electrons. The summed E-state index contributed by atoms with van der Waals surface area (Å²) < 4.78 is 0.743. The van der Waals surface area contributed by atoms with Gasteiger partial charge in [0, 0.05) is 18.7 Å². The molecule has 1 aromatic rings. The van der Waals surface area contributed by atoms with E-state index in [1.807, 2.05) is 0 Å². The minimum absolute atomic E-state index is 0.743. The molecule has 0 aromatic heterocycles. The number of nitrogens with one attached hydrogen (secondary N) is 1. The molecular formula is C23H44N3+. The Morgan fingerprint density at radius 2 is 1.38 bits per heavy atom. The quantitative estimate of drug-likeness (QED) is 0.269. The van der Waals surface area contributed by atoms with Crippen LogP contribution in [0.15, 0.2) is 18.2 Å². The highest BCUT2D eigenvalue weighted by atomic mass is 15.6. The van der Waals surface area contributed by atoms with Crippen LogP contribution in [-0.4, -0.2) is 45.2 Å². The summed E-state index contributed by atoms with van der Waals surface area (Å²) in [4.78, 5) is 2.68. The number of hydrogen-bond donors (Lipinski definition) is 1. The number of benzene rings is 1. The molecule has 1 rings (SSSR count). The Hall–Kier alpha value is -0.900. The largest absolute Gasteiger partial charge is 0.303 e. The van der Waals surface area contributed by atoms with Crippen molar-refractivity contribution in [2.75, 3.05) is 40.3 Å². The average molecular weight is 363 g/mol. The van der Waals surface area contributed by atoms with Gasteiger partial charge < -0.3 is 4.90 Å². The van der Waals surface area contributed by atoms with Crippen molar-refractivity contribution in [1.82, 2.24) is 14.9 Å². The van der Waals surface area contributed by atoms with Crippen molar-refractivity contribution in [3.63, 3.8) is 0 Å². The lowest BCUT2D eigenvalue weighted by atomic mass is 10.1. The van der Waals surface area contributed by atoms with Crippen molar-refractivity contribution in [2.45, 2.75) is 72.6 Å². The Morgan fingerprint density at radius 1 is 0.808 bits per heavy atom. The summed E-state index contributed by atoms with van der Waals surface area (Å²) >= 11 is 0. The summed E-state index contributed by atoms with van der Waals surface area (Å²) in [6.07, 6.45) is 9.25. The third kappa shape index (κ3) is 8.66. The smallest absolute Gasteiger partial charge is 0.151 e. The third-order valence-electron chi connectivity index (χ3n) is 5.45. The second-order valence-electron chi connectivity index (χ2n) is 8.24. The number of rotatable bonds is 14. The van der Waals surface area contributed by atoms with Crippen molar-refractivity contribution in [3.8, 4) is 0 Å². The zero-order valence-electron chi connectivity index (χ0n) is 18.4. The van der Waals surface area contributed by atoms with Gasteiger partial charge in [-0.05, 0) is 63.9 Å². The van der Waals surface area contributed by atoms with Crippen LogP contribution in [0.5, 0.6) is 0 Å². The molecule has 0 radical (unpaired) electrons. The van der Waals surface area contributed by atoms with E-state index in [1.54, 1.807) is 0 Å². The number of unbranched alkanes of at least 4 members (excludes halogenated alkanes) is 4. The summed E-state index contributed by atoms with van der Waals surface area (Å²) in [5.74, 6) is 0. The molecule has 0 aliphatic rings. The summed E-state index contributed by atoms with van der Waals surface area (Å²) in [5, 5.41) is 0. The number of quaternary nitrogens is 1. The van der Waals surface area contributed by atoms with E-state index < -0.39 is 0 Å². The SMILES string of the molecule is CCCCCN(CCCCC)CCCN[N+](C)(C)c1ccc(C)c(C)c1. The molecule has 0 spiro atoms. The lowest BCUT2D eigenvalue weighted by molar-refractivity contribution is 0.237. The van der Waals surface area contributed by atoms with Crippen LogP contribution >= 0.6 is 0 Å². The zero-order chi connectivity index (χ0) is 19.4. The Kier molecular flexibility index (Phi) is 11.1. The Labute approximate surface area is 163 Å². The van der Waals surface area contributed by atoms with Crippen LogP contribution in [0.2, 0.25) is 0 Å². The van der Waals surface area contributed by atoms with Gasteiger partial charge in [0.05, 0.1) is 14.1 Å². The standard InChI is InChI=1S/C23H44N3/c1-7-9-11-17-25(18-12-10-8-2)19-13-16-24-26(5,6)23-15-14-21(3)22(4)20-23/h14-15,20,24H,7-13,16-19H2,1-6H3/q+1. The van der Waals surface area contributed by atoms with E-state index in [0.29, 0.717) is 0 Å². The van der Waals surface area contributed by atoms with Gasteiger partial charge in [0.1, 0.15) is 0 Å². The highest BCUT2D eigenvalue weighted by Crippen LogP contribution is 2.20. The normalized spacial score (nSPS) is 12.1. The lowest BCUT2D eigenvalue weighted by Crippen LogP contribution is -2.53. The van der Waals surface area contributed by atoms with Gasteiger partial charge in [0.25, 0.3) is 0 Å². The fraction of sp³-hybridized carbons (Fsp3) is 0.739. The monoisotopic (exact) mass is 362 g/mol. The van der Waals surface area contributed by atoms with Gasteiger partial charge >= 0.3 is 0 Å². The fourth-order valence-corrected chi connectivity index (χ4v) is 3.33. The van der Waals surface area contributed by atoms with Gasteiger partial charge in [0.2, 0.25) is 0 Å². The van der Waals surface area contributed by atoms with Crippen molar-refractivity contribution < 1.29 is 0 Å². The first-order chi connectivity index (χ1) is 12.4. The molecule has 0 amide bonds. The van der Waals surface area contributed by atoms with Crippen LogP contribution in [0.4, 0.5) is 5.69 Å². The third-order valence-corrected chi connectivity index (χ3v) is 5.45. The van der Waals surface area contributed by atoms with Gasteiger partial charge in [-0.2, -0.15) is 5.43 Å². The number of aryl methyl sites for hydroxylation is 2. The van der Waals surface area contributed by atoms with E-state index in [4.69, 9.17) is 0 Å². The van der Waals surface area contributed by atoms with E-state index in [2.05, 4.69) is 70.3 Å². The Balaban J connectivity index is 2.42. The molecule has 0 saturated carbocycles. The Morgan fingerprint density at radius 3 is 1.92 bits per heavy atom. The van der Waals surface area contributed by atoms with Gasteiger partial charge in [0.15, 0.2) is 5.69 Å². The van der Waals surface area contributed by atoms with Crippen LogP contribution in [0, 0.1) is 13.8 Å². The second-order valence-corrected chi connectivity index (χ2v) is 8.24. The van der Waals surface area contributed by atoms with E-state index in [9.17, 15) is 0 Å². The maximum atomic E-state index is 3.72. The molecule has 0 heterocycles.